The molecule has 0 radical (unpaired) electrons. The summed E-state index contributed by atoms with van der Waals surface area (Å²) >= 11 is 0. The number of nitrogens with one attached hydrogen (secondary N) is 2. The molecule has 0 aliphatic rings. The molecule has 4 nitrogen and oxygen atoms in total. The largest absolute Gasteiger partial charge is 0.344 e. The molecule has 0 atom stereocenters. The lowest BCUT2D eigenvalue weighted by Crippen LogP contribution is -2.36. The SMILES string of the molecule is O=C(NCc1ccccc1)C(=O)NSSc1ccccc1. The monoisotopic (exact) mass is 318 g/mol. The molecule has 108 valence electrons. The van der Waals surface area contributed by atoms with Crippen molar-refractivity contribution in [3.63, 3.8) is 0 Å². The van der Waals surface area contributed by atoms with Gasteiger partial charge in [0.1, 0.15) is 0 Å². The molecule has 2 rings (SSSR count). The molecule has 0 aromatic heterocycles. The average molecular weight is 318 g/mol. The lowest BCUT2D eigenvalue weighted by atomic mass is 10.2. The van der Waals surface area contributed by atoms with Crippen molar-refractivity contribution in [2.75, 3.05) is 0 Å². The minimum Gasteiger partial charge on any atom is -0.344 e. The fourth-order valence-corrected chi connectivity index (χ4v) is 3.04. The van der Waals surface area contributed by atoms with Gasteiger partial charge in [-0.05, 0) is 28.5 Å². The van der Waals surface area contributed by atoms with Gasteiger partial charge in [0.05, 0.1) is 0 Å². The Bertz CT molecular complexity index is 591. The van der Waals surface area contributed by atoms with E-state index in [2.05, 4.69) is 10.0 Å². The predicted octanol–water partition coefficient (Wildman–Crippen LogP) is 2.77. The summed E-state index contributed by atoms with van der Waals surface area (Å²) in [5.74, 6) is -1.29. The summed E-state index contributed by atoms with van der Waals surface area (Å²) in [5, 5.41) is 2.57. The molecule has 0 heterocycles. The second kappa shape index (κ2) is 8.39. The van der Waals surface area contributed by atoms with Crippen molar-refractivity contribution in [3.05, 3.63) is 66.2 Å². The number of hydrogen-bond acceptors (Lipinski definition) is 4. The second-order valence-corrected chi connectivity index (χ2v) is 6.09. The van der Waals surface area contributed by atoms with E-state index in [-0.39, 0.29) is 0 Å². The summed E-state index contributed by atoms with van der Waals surface area (Å²) in [4.78, 5) is 24.2. The fourth-order valence-electron chi connectivity index (χ4n) is 1.49. The van der Waals surface area contributed by atoms with E-state index >= 15 is 0 Å². The van der Waals surface area contributed by atoms with Crippen LogP contribution >= 0.6 is 21.8 Å². The highest BCUT2D eigenvalue weighted by Gasteiger charge is 2.12. The summed E-state index contributed by atoms with van der Waals surface area (Å²) in [6.07, 6.45) is 0. The van der Waals surface area contributed by atoms with E-state index in [0.717, 1.165) is 21.4 Å². The third kappa shape index (κ3) is 5.53. The molecule has 2 N–H and O–H groups in total. The molecule has 0 saturated heterocycles. The van der Waals surface area contributed by atoms with Crippen LogP contribution in [0.5, 0.6) is 0 Å². The zero-order valence-corrected chi connectivity index (χ0v) is 12.7. The Balaban J connectivity index is 1.69. The van der Waals surface area contributed by atoms with Crippen molar-refractivity contribution in [1.29, 1.82) is 0 Å². The van der Waals surface area contributed by atoms with Crippen LogP contribution in [0.15, 0.2) is 65.6 Å². The van der Waals surface area contributed by atoms with Gasteiger partial charge in [-0.15, -0.1) is 0 Å². The predicted molar refractivity (Wildman–Crippen MR) is 86.3 cm³/mol. The number of rotatable bonds is 5. The molecule has 0 aliphatic heterocycles. The third-order valence-electron chi connectivity index (χ3n) is 2.52. The third-order valence-corrected chi connectivity index (χ3v) is 4.41. The van der Waals surface area contributed by atoms with E-state index in [9.17, 15) is 9.59 Å². The van der Waals surface area contributed by atoms with Crippen molar-refractivity contribution in [2.24, 2.45) is 0 Å². The van der Waals surface area contributed by atoms with Crippen molar-refractivity contribution in [1.82, 2.24) is 10.0 Å². The Morgan fingerprint density at radius 2 is 1.48 bits per heavy atom. The van der Waals surface area contributed by atoms with Crippen LogP contribution in [0.25, 0.3) is 0 Å². The molecule has 6 heteroatoms. The molecule has 2 aromatic rings. The van der Waals surface area contributed by atoms with Gasteiger partial charge in [-0.2, -0.15) is 0 Å². The van der Waals surface area contributed by atoms with E-state index in [1.54, 1.807) is 0 Å². The van der Waals surface area contributed by atoms with Crippen LogP contribution in [0, 0.1) is 0 Å². The molecule has 21 heavy (non-hydrogen) atoms. The molecule has 0 fully saturated rings. The quantitative estimate of drug-likeness (QED) is 0.506. The van der Waals surface area contributed by atoms with Crippen LogP contribution < -0.4 is 10.0 Å². The van der Waals surface area contributed by atoms with Gasteiger partial charge in [0.2, 0.25) is 0 Å². The highest BCUT2D eigenvalue weighted by molar-refractivity contribution is 8.76. The molecule has 0 unspecified atom stereocenters. The van der Waals surface area contributed by atoms with Gasteiger partial charge in [0, 0.05) is 22.4 Å². The van der Waals surface area contributed by atoms with Gasteiger partial charge in [0.15, 0.2) is 0 Å². The lowest BCUT2D eigenvalue weighted by molar-refractivity contribution is -0.138. The Morgan fingerprint density at radius 3 is 2.14 bits per heavy atom. The highest BCUT2D eigenvalue weighted by Crippen LogP contribution is 2.27. The number of carbonyl (C=O) groups excluding carboxylic acids is 2. The minimum absolute atomic E-state index is 0.337. The first kappa shape index (κ1) is 15.5. The fraction of sp³-hybridized carbons (Fsp3) is 0.0667. The van der Waals surface area contributed by atoms with Crippen LogP contribution in [0.2, 0.25) is 0 Å². The lowest BCUT2D eigenvalue weighted by Gasteiger charge is -2.05. The maximum absolute atomic E-state index is 11.6. The van der Waals surface area contributed by atoms with Gasteiger partial charge in [0.25, 0.3) is 0 Å². The van der Waals surface area contributed by atoms with Crippen molar-refractivity contribution >= 4 is 33.6 Å². The van der Waals surface area contributed by atoms with Crippen molar-refractivity contribution in [3.8, 4) is 0 Å². The molecular weight excluding hydrogens is 304 g/mol. The van der Waals surface area contributed by atoms with E-state index in [0.29, 0.717) is 6.54 Å². The maximum Gasteiger partial charge on any atom is 0.319 e. The summed E-state index contributed by atoms with van der Waals surface area (Å²) in [6, 6.07) is 19.0. The zero-order valence-electron chi connectivity index (χ0n) is 11.1. The smallest absolute Gasteiger partial charge is 0.319 e. The van der Waals surface area contributed by atoms with Gasteiger partial charge >= 0.3 is 11.8 Å². The highest BCUT2D eigenvalue weighted by atomic mass is 33.1. The number of amides is 2. The number of carbonyl (C=O) groups is 2. The van der Waals surface area contributed by atoms with E-state index < -0.39 is 11.8 Å². The summed E-state index contributed by atoms with van der Waals surface area (Å²) in [6.45, 7) is 0.337. The van der Waals surface area contributed by atoms with Gasteiger partial charge in [-0.25, -0.2) is 0 Å². The topological polar surface area (TPSA) is 58.2 Å². The average Bonchev–Trinajstić information content (AvgIpc) is 2.54. The molecule has 0 aliphatic carbocycles. The van der Waals surface area contributed by atoms with Crippen LogP contribution in [0.4, 0.5) is 0 Å². The second-order valence-electron chi connectivity index (χ2n) is 4.08. The van der Waals surface area contributed by atoms with E-state index in [1.165, 1.54) is 10.8 Å². The van der Waals surface area contributed by atoms with E-state index in [1.807, 2.05) is 60.7 Å². The van der Waals surface area contributed by atoms with Gasteiger partial charge < -0.3 is 5.32 Å². The first-order valence-corrected chi connectivity index (χ1v) is 8.41. The van der Waals surface area contributed by atoms with Crippen LogP contribution in [-0.4, -0.2) is 11.8 Å². The van der Waals surface area contributed by atoms with Crippen LogP contribution in [-0.2, 0) is 16.1 Å². The summed E-state index contributed by atoms with van der Waals surface area (Å²) in [7, 11) is 2.51. The normalized spacial score (nSPS) is 9.90. The van der Waals surface area contributed by atoms with Crippen molar-refractivity contribution in [2.45, 2.75) is 11.4 Å². The van der Waals surface area contributed by atoms with Gasteiger partial charge in [-0.1, -0.05) is 48.5 Å². The molecular formula is C15H14N2O2S2. The van der Waals surface area contributed by atoms with Crippen molar-refractivity contribution < 1.29 is 9.59 Å². The molecule has 0 saturated carbocycles. The number of hydrogen-bond donors (Lipinski definition) is 2. The first-order chi connectivity index (χ1) is 10.3. The maximum atomic E-state index is 11.6. The molecule has 0 spiro atoms. The molecule has 2 aromatic carbocycles. The number of benzene rings is 2. The van der Waals surface area contributed by atoms with Crippen LogP contribution in [0.1, 0.15) is 5.56 Å². The molecule has 0 bridgehead atoms. The minimum atomic E-state index is -0.653. The van der Waals surface area contributed by atoms with E-state index in [4.69, 9.17) is 0 Å². The van der Waals surface area contributed by atoms with Gasteiger partial charge in [-0.3, -0.25) is 14.3 Å². The first-order valence-electron chi connectivity index (χ1n) is 6.26. The molecule has 2 amide bonds. The Hall–Kier alpha value is -1.92. The Labute approximate surface area is 131 Å². The van der Waals surface area contributed by atoms with Crippen LogP contribution in [0.3, 0.4) is 0 Å². The summed E-state index contributed by atoms with van der Waals surface area (Å²) in [5.41, 5.74) is 0.949. The Kier molecular flexibility index (Phi) is 6.18. The standard InChI is InChI=1S/C15H14N2O2S2/c18-14(16-11-12-7-3-1-4-8-12)15(19)17-21-20-13-9-5-2-6-10-13/h1-10H,11H2,(H,16,18)(H,17,19). The Morgan fingerprint density at radius 1 is 0.857 bits per heavy atom. The zero-order chi connectivity index (χ0) is 14.9. The summed E-state index contributed by atoms with van der Waals surface area (Å²) < 4.78 is 2.50.